The highest BCUT2D eigenvalue weighted by Gasteiger charge is 2.02. The summed E-state index contributed by atoms with van der Waals surface area (Å²) < 4.78 is 0. The average molecular weight is 223 g/mol. The first-order valence-electron chi connectivity index (χ1n) is 4.54. The van der Waals surface area contributed by atoms with E-state index >= 15 is 0 Å². The third-order valence-corrected chi connectivity index (χ3v) is 2.53. The van der Waals surface area contributed by atoms with Gasteiger partial charge >= 0.3 is 0 Å². The number of carbonyl (C=O) groups excluding carboxylic acids is 1. The minimum Gasteiger partial charge on any atom is -0.348 e. The van der Waals surface area contributed by atoms with Crippen LogP contribution in [-0.4, -0.2) is 24.0 Å². The number of rotatable bonds is 5. The molecule has 0 spiro atoms. The molecule has 80 valence electrons. The lowest BCUT2D eigenvalue weighted by atomic mass is 10.5. The number of amides is 1. The molecule has 2 N–H and O–H groups in total. The normalized spacial score (nSPS) is 9.60. The van der Waals surface area contributed by atoms with Crippen LogP contribution in [0.25, 0.3) is 0 Å². The van der Waals surface area contributed by atoms with Gasteiger partial charge in [-0.05, 0) is 6.92 Å². The first-order chi connectivity index (χ1) is 7.22. The second-order valence-corrected chi connectivity index (χ2v) is 4.27. The van der Waals surface area contributed by atoms with Crippen LogP contribution in [0, 0.1) is 19.3 Å². The summed E-state index contributed by atoms with van der Waals surface area (Å²) in [6.07, 6.45) is 6.82. The topological polar surface area (TPSA) is 54.0 Å². The van der Waals surface area contributed by atoms with Gasteiger partial charge in [-0.25, -0.2) is 4.98 Å². The zero-order valence-electron chi connectivity index (χ0n) is 8.54. The highest BCUT2D eigenvalue weighted by Crippen LogP contribution is 2.10. The van der Waals surface area contributed by atoms with E-state index in [-0.39, 0.29) is 12.5 Å². The molecule has 0 bridgehead atoms. The maximum Gasteiger partial charge on any atom is 0.234 e. The highest BCUT2D eigenvalue weighted by atomic mass is 32.1. The number of aromatic nitrogens is 1. The van der Waals surface area contributed by atoms with Gasteiger partial charge < -0.3 is 5.32 Å². The van der Waals surface area contributed by atoms with Crippen LogP contribution in [0.4, 0.5) is 0 Å². The predicted octanol–water partition coefficient (Wildman–Crippen LogP) is 0.291. The van der Waals surface area contributed by atoms with Gasteiger partial charge in [0.1, 0.15) is 5.01 Å². The van der Waals surface area contributed by atoms with E-state index in [0.29, 0.717) is 13.1 Å². The number of aryl methyl sites for hydroxylation is 1. The number of terminal acetylenes is 1. The lowest BCUT2D eigenvalue weighted by molar-refractivity contribution is -0.120. The predicted molar refractivity (Wildman–Crippen MR) is 60.4 cm³/mol. The first-order valence-corrected chi connectivity index (χ1v) is 5.36. The summed E-state index contributed by atoms with van der Waals surface area (Å²) in [4.78, 5) is 16.5. The zero-order chi connectivity index (χ0) is 11.1. The Kier molecular flexibility index (Phi) is 4.81. The van der Waals surface area contributed by atoms with Crippen molar-refractivity contribution in [2.45, 2.75) is 13.5 Å². The van der Waals surface area contributed by atoms with Crippen LogP contribution in [0.5, 0.6) is 0 Å². The van der Waals surface area contributed by atoms with Gasteiger partial charge in [0.05, 0.1) is 19.6 Å². The first kappa shape index (κ1) is 11.7. The van der Waals surface area contributed by atoms with Gasteiger partial charge in [0, 0.05) is 11.1 Å². The number of carbonyl (C=O) groups is 1. The fourth-order valence-electron chi connectivity index (χ4n) is 0.968. The molecule has 0 aliphatic heterocycles. The minimum absolute atomic E-state index is 0.0712. The molecule has 0 saturated carbocycles. The molecule has 0 aliphatic carbocycles. The summed E-state index contributed by atoms with van der Waals surface area (Å²) in [5.41, 5.74) is 0. The van der Waals surface area contributed by atoms with E-state index in [2.05, 4.69) is 21.5 Å². The van der Waals surface area contributed by atoms with Crippen molar-refractivity contribution in [1.82, 2.24) is 15.6 Å². The lowest BCUT2D eigenvalue weighted by Gasteiger charge is -2.02. The van der Waals surface area contributed by atoms with Crippen LogP contribution in [0.1, 0.15) is 9.88 Å². The lowest BCUT2D eigenvalue weighted by Crippen LogP contribution is -2.33. The van der Waals surface area contributed by atoms with Gasteiger partial charge in [-0.1, -0.05) is 5.92 Å². The number of nitrogens with one attached hydrogen (secondary N) is 2. The fourth-order valence-corrected chi connectivity index (χ4v) is 1.69. The maximum absolute atomic E-state index is 11.2. The molecule has 1 heterocycles. The second kappa shape index (κ2) is 6.17. The third-order valence-electron chi connectivity index (χ3n) is 1.62. The number of hydrogen-bond donors (Lipinski definition) is 2. The molecule has 4 nitrogen and oxygen atoms in total. The number of nitrogens with zero attached hydrogens (tertiary/aromatic N) is 1. The van der Waals surface area contributed by atoms with Crippen molar-refractivity contribution < 1.29 is 4.79 Å². The molecule has 1 amide bonds. The molecule has 0 saturated heterocycles. The van der Waals surface area contributed by atoms with Crippen molar-refractivity contribution in [3.63, 3.8) is 0 Å². The minimum atomic E-state index is -0.0712. The van der Waals surface area contributed by atoms with Crippen LogP contribution < -0.4 is 10.6 Å². The molecule has 1 aromatic heterocycles. The van der Waals surface area contributed by atoms with E-state index in [1.54, 1.807) is 17.5 Å². The monoisotopic (exact) mass is 223 g/mol. The molecule has 15 heavy (non-hydrogen) atoms. The van der Waals surface area contributed by atoms with Gasteiger partial charge in [0.15, 0.2) is 0 Å². The Hall–Kier alpha value is -1.38. The molecule has 0 atom stereocenters. The molecule has 0 aliphatic rings. The van der Waals surface area contributed by atoms with Gasteiger partial charge in [-0.3, -0.25) is 10.1 Å². The third kappa shape index (κ3) is 4.58. The van der Waals surface area contributed by atoms with Gasteiger partial charge in [0.2, 0.25) is 5.91 Å². The van der Waals surface area contributed by atoms with Crippen LogP contribution in [0.15, 0.2) is 6.20 Å². The van der Waals surface area contributed by atoms with E-state index in [9.17, 15) is 4.79 Å². The molecular formula is C10H13N3OS. The largest absolute Gasteiger partial charge is 0.348 e. The Balaban J connectivity index is 2.20. The van der Waals surface area contributed by atoms with Crippen LogP contribution in [0.3, 0.4) is 0 Å². The van der Waals surface area contributed by atoms with Gasteiger partial charge in [0.25, 0.3) is 0 Å². The number of hydrogen-bond acceptors (Lipinski definition) is 4. The highest BCUT2D eigenvalue weighted by molar-refractivity contribution is 7.11. The van der Waals surface area contributed by atoms with Crippen LogP contribution in [-0.2, 0) is 11.3 Å². The summed E-state index contributed by atoms with van der Waals surface area (Å²) >= 11 is 1.58. The maximum atomic E-state index is 11.2. The zero-order valence-corrected chi connectivity index (χ0v) is 9.36. The SMILES string of the molecule is C#CCNCC(=O)NCc1ncc(C)s1. The summed E-state index contributed by atoms with van der Waals surface area (Å²) in [5, 5.41) is 6.47. The smallest absolute Gasteiger partial charge is 0.234 e. The van der Waals surface area contributed by atoms with E-state index in [4.69, 9.17) is 6.42 Å². The Morgan fingerprint density at radius 2 is 2.53 bits per heavy atom. The van der Waals surface area contributed by atoms with Crippen LogP contribution >= 0.6 is 11.3 Å². The fraction of sp³-hybridized carbons (Fsp3) is 0.400. The van der Waals surface area contributed by atoms with Gasteiger partial charge in [-0.2, -0.15) is 0 Å². The number of thiazole rings is 1. The Labute approximate surface area is 93.1 Å². The summed E-state index contributed by atoms with van der Waals surface area (Å²) in [6, 6.07) is 0. The van der Waals surface area contributed by atoms with Gasteiger partial charge in [-0.15, -0.1) is 17.8 Å². The van der Waals surface area contributed by atoms with E-state index in [0.717, 1.165) is 9.88 Å². The quantitative estimate of drug-likeness (QED) is 0.557. The molecule has 0 radical (unpaired) electrons. The van der Waals surface area contributed by atoms with E-state index < -0.39 is 0 Å². The molecule has 0 aromatic carbocycles. The van der Waals surface area contributed by atoms with Crippen LogP contribution in [0.2, 0.25) is 0 Å². The summed E-state index contributed by atoms with van der Waals surface area (Å²) in [7, 11) is 0. The van der Waals surface area contributed by atoms with Crippen molar-refractivity contribution in [2.24, 2.45) is 0 Å². The Bertz CT molecular complexity index is 367. The van der Waals surface area contributed by atoms with Crippen molar-refractivity contribution in [3.8, 4) is 12.3 Å². The standard InChI is InChI=1S/C10H13N3OS/c1-3-4-11-6-9(14)12-7-10-13-5-8(2)15-10/h1,5,11H,4,6-7H2,2H3,(H,12,14). The Morgan fingerprint density at radius 3 is 3.13 bits per heavy atom. The molecule has 1 aromatic rings. The summed E-state index contributed by atoms with van der Waals surface area (Å²) in [5.74, 6) is 2.33. The average Bonchev–Trinajstić information content (AvgIpc) is 2.62. The molecule has 0 fully saturated rings. The van der Waals surface area contributed by atoms with Crippen molar-refractivity contribution in [3.05, 3.63) is 16.1 Å². The molecule has 5 heteroatoms. The van der Waals surface area contributed by atoms with E-state index in [1.807, 2.05) is 6.92 Å². The molecular weight excluding hydrogens is 210 g/mol. The van der Waals surface area contributed by atoms with Crippen molar-refractivity contribution in [1.29, 1.82) is 0 Å². The van der Waals surface area contributed by atoms with Crippen molar-refractivity contribution in [2.75, 3.05) is 13.1 Å². The molecule has 1 rings (SSSR count). The Morgan fingerprint density at radius 1 is 1.73 bits per heavy atom. The second-order valence-electron chi connectivity index (χ2n) is 2.95. The van der Waals surface area contributed by atoms with E-state index in [1.165, 1.54) is 0 Å². The molecule has 0 unspecified atom stereocenters. The summed E-state index contributed by atoms with van der Waals surface area (Å²) in [6.45, 7) is 3.12. The van der Waals surface area contributed by atoms with Crippen molar-refractivity contribution >= 4 is 17.2 Å².